The number of nitrogens with zero attached hydrogens (tertiary/aromatic N) is 4. The molecule has 2 fully saturated rings. The molecule has 0 spiro atoms. The lowest BCUT2D eigenvalue weighted by Crippen LogP contribution is -2.38. The summed E-state index contributed by atoms with van der Waals surface area (Å²) in [7, 11) is -3.32. The zero-order valence-electron chi connectivity index (χ0n) is 27.2. The van der Waals surface area contributed by atoms with Crippen LogP contribution in [-0.2, 0) is 38.4 Å². The van der Waals surface area contributed by atoms with E-state index in [0.29, 0.717) is 70.1 Å². The summed E-state index contributed by atoms with van der Waals surface area (Å²) < 4.78 is 105. The number of anilines is 2. The smallest absolute Gasteiger partial charge is 0.356 e. The second-order valence-electron chi connectivity index (χ2n) is 12.6. The zero-order valence-corrected chi connectivity index (χ0v) is 28.1. The summed E-state index contributed by atoms with van der Waals surface area (Å²) in [5.74, 6) is -1.16. The number of alkyl halides is 6. The van der Waals surface area contributed by atoms with E-state index in [9.17, 15) is 44.3 Å². The number of carbonyl (C=O) groups is 2. The summed E-state index contributed by atoms with van der Waals surface area (Å²) in [6, 6.07) is 5.61. The number of hydrogen-bond donors (Lipinski definition) is 2. The van der Waals surface area contributed by atoms with E-state index >= 15 is 0 Å². The Morgan fingerprint density at radius 2 is 1.55 bits per heavy atom. The van der Waals surface area contributed by atoms with E-state index in [4.69, 9.17) is 0 Å². The van der Waals surface area contributed by atoms with Gasteiger partial charge in [0.15, 0.2) is 5.78 Å². The number of sulfonamides is 1. The first-order valence-electron chi connectivity index (χ1n) is 16.4. The molecule has 2 aliphatic heterocycles. The average Bonchev–Trinajstić information content (AvgIpc) is 3.53. The normalized spacial score (nSPS) is 17.8. The molecule has 1 atom stereocenters. The second-order valence-corrected chi connectivity index (χ2v) is 14.4. The van der Waals surface area contributed by atoms with Gasteiger partial charge in [-0.15, -0.1) is 0 Å². The fourth-order valence-corrected chi connectivity index (χ4v) is 6.73. The van der Waals surface area contributed by atoms with Gasteiger partial charge in [-0.05, 0) is 75.0 Å². The van der Waals surface area contributed by atoms with Crippen LogP contribution in [0.3, 0.4) is 0 Å². The van der Waals surface area contributed by atoms with E-state index < -0.39 is 39.8 Å². The zero-order chi connectivity index (χ0) is 35.8. The van der Waals surface area contributed by atoms with Crippen LogP contribution in [0.1, 0.15) is 74.7 Å². The standard InChI is InChI=1S/C32H42F6N6O4S/c1-49(47,48)40-17-16-39-29(46)9-3-6-23-14-19-43(20-15-23)27-21-28(42-30(41-27)32(36,37)38)44-18-4-7-25(44)26(45)8-2-5-22-10-12-24(13-11-22)31(33,34)35/h10-13,21,23,25,40H,2-9,14-20H2,1H3,(H,39,46)/t25-/m0/s1. The van der Waals surface area contributed by atoms with Crippen molar-refractivity contribution in [2.75, 3.05) is 48.8 Å². The average molecular weight is 721 g/mol. The Hall–Kier alpha value is -3.47. The van der Waals surface area contributed by atoms with Crippen molar-refractivity contribution in [2.45, 2.75) is 82.6 Å². The Morgan fingerprint density at radius 1 is 0.878 bits per heavy atom. The van der Waals surface area contributed by atoms with Crippen LogP contribution in [0, 0.1) is 5.92 Å². The Morgan fingerprint density at radius 3 is 2.18 bits per heavy atom. The molecule has 272 valence electrons. The van der Waals surface area contributed by atoms with Gasteiger partial charge in [0.1, 0.15) is 11.6 Å². The third-order valence-electron chi connectivity index (χ3n) is 8.81. The van der Waals surface area contributed by atoms with Gasteiger partial charge in [0.2, 0.25) is 21.8 Å². The number of amides is 1. The number of halogens is 6. The molecule has 49 heavy (non-hydrogen) atoms. The van der Waals surface area contributed by atoms with Gasteiger partial charge in [0.25, 0.3) is 0 Å². The number of ketones is 1. The molecule has 1 amide bonds. The molecule has 1 aromatic carbocycles. The van der Waals surface area contributed by atoms with Gasteiger partial charge in [0.05, 0.1) is 17.9 Å². The first kappa shape index (κ1) is 38.3. The largest absolute Gasteiger partial charge is 0.451 e. The quantitative estimate of drug-likeness (QED) is 0.192. The van der Waals surface area contributed by atoms with Crippen molar-refractivity contribution in [2.24, 2.45) is 5.92 Å². The second kappa shape index (κ2) is 16.5. The van der Waals surface area contributed by atoms with Crippen molar-refractivity contribution in [3.63, 3.8) is 0 Å². The summed E-state index contributed by atoms with van der Waals surface area (Å²) in [5.41, 5.74) is -0.0937. The Kier molecular flexibility index (Phi) is 12.9. The van der Waals surface area contributed by atoms with Gasteiger partial charge in [-0.2, -0.15) is 26.3 Å². The van der Waals surface area contributed by atoms with Gasteiger partial charge in [0, 0.05) is 51.6 Å². The van der Waals surface area contributed by atoms with E-state index in [1.54, 1.807) is 9.80 Å². The van der Waals surface area contributed by atoms with Crippen molar-refractivity contribution in [1.82, 2.24) is 20.0 Å². The Bertz CT molecular complexity index is 1530. The van der Waals surface area contributed by atoms with E-state index in [-0.39, 0.29) is 55.2 Å². The molecule has 4 rings (SSSR count). The molecular formula is C32H42F6N6O4S. The lowest BCUT2D eigenvalue weighted by molar-refractivity contribution is -0.144. The summed E-state index contributed by atoms with van der Waals surface area (Å²) in [4.78, 5) is 36.3. The van der Waals surface area contributed by atoms with E-state index in [1.807, 2.05) is 0 Å². The van der Waals surface area contributed by atoms with Gasteiger partial charge < -0.3 is 15.1 Å². The fraction of sp³-hybridized carbons (Fsp3) is 0.625. The van der Waals surface area contributed by atoms with Crippen LogP contribution in [0.25, 0.3) is 0 Å². The maximum Gasteiger partial charge on any atom is 0.451 e. The molecule has 2 saturated heterocycles. The molecule has 2 aromatic rings. The number of Topliss-reactive ketones (excluding diaryl/α,β-unsaturated/α-hetero) is 1. The van der Waals surface area contributed by atoms with Crippen molar-refractivity contribution >= 4 is 33.3 Å². The van der Waals surface area contributed by atoms with E-state index in [0.717, 1.165) is 24.8 Å². The maximum atomic E-state index is 13.9. The number of carbonyl (C=O) groups excluding carboxylic acids is 2. The summed E-state index contributed by atoms with van der Waals surface area (Å²) in [6.07, 6.45) is -3.17. The predicted molar refractivity (Wildman–Crippen MR) is 171 cm³/mol. The highest BCUT2D eigenvalue weighted by molar-refractivity contribution is 7.88. The summed E-state index contributed by atoms with van der Waals surface area (Å²) in [5, 5.41) is 2.66. The highest BCUT2D eigenvalue weighted by atomic mass is 32.2. The number of rotatable bonds is 15. The third-order valence-corrected chi connectivity index (χ3v) is 9.54. The number of nitrogens with one attached hydrogen (secondary N) is 2. The minimum atomic E-state index is -4.80. The molecule has 2 N–H and O–H groups in total. The lowest BCUT2D eigenvalue weighted by atomic mass is 9.91. The van der Waals surface area contributed by atoms with Crippen molar-refractivity contribution in [1.29, 1.82) is 0 Å². The van der Waals surface area contributed by atoms with Crippen LogP contribution in [0.2, 0.25) is 0 Å². The molecule has 2 aliphatic rings. The molecule has 0 unspecified atom stereocenters. The van der Waals surface area contributed by atoms with Crippen LogP contribution in [0.15, 0.2) is 30.3 Å². The Balaban J connectivity index is 1.31. The maximum absolute atomic E-state index is 13.9. The van der Waals surface area contributed by atoms with Crippen LogP contribution in [-0.4, -0.2) is 75.1 Å². The van der Waals surface area contributed by atoms with Gasteiger partial charge in [-0.25, -0.2) is 23.1 Å². The monoisotopic (exact) mass is 720 g/mol. The van der Waals surface area contributed by atoms with Crippen LogP contribution in [0.5, 0.6) is 0 Å². The molecule has 0 radical (unpaired) electrons. The number of aromatic nitrogens is 2. The molecule has 0 saturated carbocycles. The highest BCUT2D eigenvalue weighted by Gasteiger charge is 2.39. The summed E-state index contributed by atoms with van der Waals surface area (Å²) in [6.45, 7) is 1.58. The minimum absolute atomic E-state index is 0.0378. The van der Waals surface area contributed by atoms with E-state index in [1.165, 1.54) is 18.2 Å². The molecule has 0 aliphatic carbocycles. The van der Waals surface area contributed by atoms with Crippen LogP contribution >= 0.6 is 0 Å². The van der Waals surface area contributed by atoms with Gasteiger partial charge in [-0.1, -0.05) is 12.1 Å². The molecule has 1 aromatic heterocycles. The number of aryl methyl sites for hydroxylation is 1. The molecule has 17 heteroatoms. The SMILES string of the molecule is CS(=O)(=O)NCCNC(=O)CCCC1CCN(c2cc(N3CCC[C@H]3C(=O)CCCc3ccc(C(F)(F)F)cc3)nc(C(F)(F)F)n2)CC1. The first-order chi connectivity index (χ1) is 23.0. The number of piperidine rings is 1. The molecular weight excluding hydrogens is 678 g/mol. The highest BCUT2D eigenvalue weighted by Crippen LogP contribution is 2.35. The van der Waals surface area contributed by atoms with Gasteiger partial charge in [-0.3, -0.25) is 9.59 Å². The summed E-state index contributed by atoms with van der Waals surface area (Å²) >= 11 is 0. The third kappa shape index (κ3) is 11.8. The van der Waals surface area contributed by atoms with Crippen molar-refractivity contribution < 1.29 is 44.3 Å². The van der Waals surface area contributed by atoms with E-state index in [2.05, 4.69) is 20.0 Å². The van der Waals surface area contributed by atoms with Crippen molar-refractivity contribution in [3.8, 4) is 0 Å². The van der Waals surface area contributed by atoms with Crippen LogP contribution in [0.4, 0.5) is 38.0 Å². The number of hydrogen-bond acceptors (Lipinski definition) is 8. The topological polar surface area (TPSA) is 125 Å². The first-order valence-corrected chi connectivity index (χ1v) is 18.3. The van der Waals surface area contributed by atoms with Gasteiger partial charge >= 0.3 is 12.4 Å². The van der Waals surface area contributed by atoms with Crippen LogP contribution < -0.4 is 19.8 Å². The molecule has 0 bridgehead atoms. The van der Waals surface area contributed by atoms with Crippen molar-refractivity contribution in [3.05, 3.63) is 47.3 Å². The molecule has 3 heterocycles. The minimum Gasteiger partial charge on any atom is -0.356 e. The predicted octanol–water partition coefficient (Wildman–Crippen LogP) is 5.13. The number of benzene rings is 1. The Labute approximate surface area is 282 Å². The fourth-order valence-electron chi connectivity index (χ4n) is 6.26. The molecule has 10 nitrogen and oxygen atoms in total. The lowest BCUT2D eigenvalue weighted by Gasteiger charge is -2.34.